The largest absolute Gasteiger partial charge is 0.398 e. The van der Waals surface area contributed by atoms with E-state index in [4.69, 9.17) is 5.73 Å². The molecule has 6 heteroatoms. The molecule has 1 fully saturated rings. The second-order valence-electron chi connectivity index (χ2n) is 4.63. The maximum Gasteiger partial charge on any atom is 0.245 e. The van der Waals surface area contributed by atoms with Crippen molar-refractivity contribution in [3.8, 4) is 0 Å². The first kappa shape index (κ1) is 13.3. The fourth-order valence-corrected chi connectivity index (χ4v) is 4.03. The summed E-state index contributed by atoms with van der Waals surface area (Å²) in [5.74, 6) is 0. The number of hydrogen-bond acceptors (Lipinski definition) is 4. The van der Waals surface area contributed by atoms with Crippen molar-refractivity contribution in [2.45, 2.75) is 30.8 Å². The molecule has 0 aliphatic carbocycles. The van der Waals surface area contributed by atoms with E-state index in [1.54, 1.807) is 25.1 Å². The zero-order valence-electron chi connectivity index (χ0n) is 10.3. The molecule has 0 spiro atoms. The maximum atomic E-state index is 12.5. The molecule has 0 unspecified atom stereocenters. The molecule has 1 saturated heterocycles. The van der Waals surface area contributed by atoms with Crippen LogP contribution in [0.3, 0.4) is 0 Å². The van der Waals surface area contributed by atoms with Crippen LogP contribution in [0.2, 0.25) is 0 Å². The van der Waals surface area contributed by atoms with Gasteiger partial charge in [0, 0.05) is 13.1 Å². The van der Waals surface area contributed by atoms with Crippen LogP contribution in [0.4, 0.5) is 5.69 Å². The van der Waals surface area contributed by atoms with Crippen molar-refractivity contribution >= 4 is 15.7 Å². The number of aryl methyl sites for hydroxylation is 1. The van der Waals surface area contributed by atoms with Gasteiger partial charge >= 0.3 is 0 Å². The van der Waals surface area contributed by atoms with E-state index in [2.05, 4.69) is 0 Å². The molecule has 2 rings (SSSR count). The molecule has 1 aliphatic heterocycles. The first-order chi connectivity index (χ1) is 8.43. The number of benzene rings is 1. The Hall–Kier alpha value is -1.11. The van der Waals surface area contributed by atoms with Crippen LogP contribution in [0.5, 0.6) is 0 Å². The fourth-order valence-electron chi connectivity index (χ4n) is 2.24. The molecule has 1 aliphatic rings. The number of aliphatic hydroxyl groups is 1. The summed E-state index contributed by atoms with van der Waals surface area (Å²) in [7, 11) is -3.55. The molecular weight excluding hydrogens is 252 g/mol. The Kier molecular flexibility index (Phi) is 3.61. The van der Waals surface area contributed by atoms with Crippen molar-refractivity contribution in [1.82, 2.24) is 4.31 Å². The molecule has 0 radical (unpaired) electrons. The van der Waals surface area contributed by atoms with Gasteiger partial charge in [-0.2, -0.15) is 4.31 Å². The summed E-state index contributed by atoms with van der Waals surface area (Å²) in [6.07, 6.45) is 0.557. The molecule has 0 amide bonds. The molecule has 0 bridgehead atoms. The van der Waals surface area contributed by atoms with Gasteiger partial charge in [-0.25, -0.2) is 8.42 Å². The van der Waals surface area contributed by atoms with Gasteiger partial charge < -0.3 is 10.8 Å². The second-order valence-corrected chi connectivity index (χ2v) is 6.50. The minimum absolute atomic E-state index is 0.196. The number of piperidine rings is 1. The maximum absolute atomic E-state index is 12.5. The highest BCUT2D eigenvalue weighted by molar-refractivity contribution is 7.89. The normalized spacial score (nSPS) is 19.0. The number of hydrogen-bond donors (Lipinski definition) is 2. The number of rotatable bonds is 2. The summed E-state index contributed by atoms with van der Waals surface area (Å²) in [6, 6.07) is 5.07. The van der Waals surface area contributed by atoms with E-state index in [9.17, 15) is 13.5 Å². The molecule has 0 aromatic heterocycles. The summed E-state index contributed by atoms with van der Waals surface area (Å²) in [4.78, 5) is 0.196. The first-order valence-electron chi connectivity index (χ1n) is 5.96. The highest BCUT2D eigenvalue weighted by Gasteiger charge is 2.31. The zero-order chi connectivity index (χ0) is 13.3. The standard InChI is InChI=1S/C12H18N2O3S/c1-9-3-2-4-11(13)12(9)18(16,17)14-7-5-10(15)6-8-14/h2-4,10,15H,5-8,13H2,1H3. The molecule has 1 aromatic rings. The lowest BCUT2D eigenvalue weighted by atomic mass is 10.1. The van der Waals surface area contributed by atoms with Gasteiger partial charge in [0.2, 0.25) is 10.0 Å². The fraction of sp³-hybridized carbons (Fsp3) is 0.500. The van der Waals surface area contributed by atoms with Gasteiger partial charge in [-0.1, -0.05) is 12.1 Å². The zero-order valence-corrected chi connectivity index (χ0v) is 11.2. The Bertz CT molecular complexity index is 514. The van der Waals surface area contributed by atoms with E-state index < -0.39 is 16.1 Å². The lowest BCUT2D eigenvalue weighted by Crippen LogP contribution is -2.40. The van der Waals surface area contributed by atoms with Crippen molar-refractivity contribution in [3.63, 3.8) is 0 Å². The van der Waals surface area contributed by atoms with Gasteiger partial charge in [0.25, 0.3) is 0 Å². The lowest BCUT2D eigenvalue weighted by molar-refractivity contribution is 0.113. The predicted molar refractivity (Wildman–Crippen MR) is 69.6 cm³/mol. The average Bonchev–Trinajstić information content (AvgIpc) is 2.29. The molecule has 18 heavy (non-hydrogen) atoms. The summed E-state index contributed by atoms with van der Waals surface area (Å²) in [5.41, 5.74) is 6.72. The van der Waals surface area contributed by atoms with Crippen LogP contribution in [0.15, 0.2) is 23.1 Å². The second kappa shape index (κ2) is 4.87. The summed E-state index contributed by atoms with van der Waals surface area (Å²) in [5, 5.41) is 9.43. The first-order valence-corrected chi connectivity index (χ1v) is 7.40. The van der Waals surface area contributed by atoms with E-state index in [0.717, 1.165) is 0 Å². The van der Waals surface area contributed by atoms with E-state index in [-0.39, 0.29) is 10.6 Å². The minimum Gasteiger partial charge on any atom is -0.398 e. The number of aliphatic hydroxyl groups excluding tert-OH is 1. The number of sulfonamides is 1. The van der Waals surface area contributed by atoms with Crippen LogP contribution >= 0.6 is 0 Å². The summed E-state index contributed by atoms with van der Waals surface area (Å²) < 4.78 is 26.4. The number of anilines is 1. The third-order valence-corrected chi connectivity index (χ3v) is 5.38. The average molecular weight is 270 g/mol. The van der Waals surface area contributed by atoms with Crippen LogP contribution in [-0.4, -0.2) is 37.0 Å². The predicted octanol–water partition coefficient (Wildman–Crippen LogP) is 0.723. The molecule has 0 atom stereocenters. The Morgan fingerprint density at radius 2 is 1.94 bits per heavy atom. The Labute approximate surface area is 107 Å². The SMILES string of the molecule is Cc1cccc(N)c1S(=O)(=O)N1CCC(O)CC1. The van der Waals surface area contributed by atoms with E-state index >= 15 is 0 Å². The Morgan fingerprint density at radius 1 is 1.33 bits per heavy atom. The van der Waals surface area contributed by atoms with Crippen molar-refractivity contribution in [2.24, 2.45) is 0 Å². The molecule has 1 heterocycles. The van der Waals surface area contributed by atoms with Gasteiger partial charge in [-0.05, 0) is 31.4 Å². The van der Waals surface area contributed by atoms with Gasteiger partial charge in [0.15, 0.2) is 0 Å². The summed E-state index contributed by atoms with van der Waals surface area (Å²) >= 11 is 0. The van der Waals surface area contributed by atoms with Crippen LogP contribution in [-0.2, 0) is 10.0 Å². The van der Waals surface area contributed by atoms with Gasteiger partial charge in [-0.3, -0.25) is 0 Å². The minimum atomic E-state index is -3.55. The van der Waals surface area contributed by atoms with Crippen LogP contribution < -0.4 is 5.73 Å². The lowest BCUT2D eigenvalue weighted by Gasteiger charge is -2.29. The number of nitrogens with two attached hydrogens (primary N) is 1. The summed E-state index contributed by atoms with van der Waals surface area (Å²) in [6.45, 7) is 2.43. The van der Waals surface area contributed by atoms with Crippen LogP contribution in [0.25, 0.3) is 0 Å². The third kappa shape index (κ3) is 2.36. The van der Waals surface area contributed by atoms with Gasteiger partial charge in [-0.15, -0.1) is 0 Å². The molecule has 100 valence electrons. The monoisotopic (exact) mass is 270 g/mol. The highest BCUT2D eigenvalue weighted by atomic mass is 32.2. The number of nitrogen functional groups attached to an aromatic ring is 1. The van der Waals surface area contributed by atoms with Gasteiger partial charge in [0.1, 0.15) is 4.90 Å². The van der Waals surface area contributed by atoms with E-state index in [1.165, 1.54) is 4.31 Å². The van der Waals surface area contributed by atoms with Crippen LogP contribution in [0, 0.1) is 6.92 Å². The third-order valence-electron chi connectivity index (χ3n) is 3.26. The Balaban J connectivity index is 2.37. The molecule has 5 nitrogen and oxygen atoms in total. The van der Waals surface area contributed by atoms with Crippen molar-refractivity contribution < 1.29 is 13.5 Å². The Morgan fingerprint density at radius 3 is 2.50 bits per heavy atom. The number of nitrogens with zero attached hydrogens (tertiary/aromatic N) is 1. The van der Waals surface area contributed by atoms with Gasteiger partial charge in [0.05, 0.1) is 11.8 Å². The molecule has 3 N–H and O–H groups in total. The van der Waals surface area contributed by atoms with Crippen molar-refractivity contribution in [2.75, 3.05) is 18.8 Å². The topological polar surface area (TPSA) is 83.6 Å². The smallest absolute Gasteiger partial charge is 0.245 e. The van der Waals surface area contributed by atoms with E-state index in [0.29, 0.717) is 31.5 Å². The molecule has 0 saturated carbocycles. The molecule has 1 aromatic carbocycles. The van der Waals surface area contributed by atoms with Crippen molar-refractivity contribution in [1.29, 1.82) is 0 Å². The highest BCUT2D eigenvalue weighted by Crippen LogP contribution is 2.27. The quantitative estimate of drug-likeness (QED) is 0.776. The van der Waals surface area contributed by atoms with E-state index in [1.807, 2.05) is 0 Å². The molecular formula is C12H18N2O3S. The van der Waals surface area contributed by atoms with Crippen LogP contribution in [0.1, 0.15) is 18.4 Å². The van der Waals surface area contributed by atoms with Crippen molar-refractivity contribution in [3.05, 3.63) is 23.8 Å².